The van der Waals surface area contributed by atoms with Crippen molar-refractivity contribution in [2.75, 3.05) is 0 Å². The summed E-state index contributed by atoms with van der Waals surface area (Å²) in [6, 6.07) is 61.5. The monoisotopic (exact) mass is 771 g/mol. The highest BCUT2D eigenvalue weighted by Crippen LogP contribution is 2.42. The molecular formula is C53H29N3O2S. The van der Waals surface area contributed by atoms with Crippen molar-refractivity contribution >= 4 is 96.9 Å². The zero-order valence-electron chi connectivity index (χ0n) is 31.3. The van der Waals surface area contributed by atoms with Crippen LogP contribution in [0.4, 0.5) is 0 Å². The summed E-state index contributed by atoms with van der Waals surface area (Å²) in [5.74, 6) is 1.88. The molecule has 0 aliphatic carbocycles. The van der Waals surface area contributed by atoms with Crippen LogP contribution in [0.3, 0.4) is 0 Å². The SMILES string of the molecule is c1cc(-c2cccc3oc4ccccc4c23)c2ccc(-c3nc(-c4ccc5c(ccc6oc7ccccc7c65)c4)nc(-c4cccc5sc6ccccc6c45)n3)cc2c1. The predicted molar refractivity (Wildman–Crippen MR) is 244 cm³/mol. The molecule has 9 aromatic carbocycles. The third-order valence-electron chi connectivity index (χ3n) is 11.7. The van der Waals surface area contributed by atoms with Gasteiger partial charge in [-0.05, 0) is 81.2 Å². The number of hydrogen-bond acceptors (Lipinski definition) is 6. The zero-order chi connectivity index (χ0) is 38.6. The summed E-state index contributed by atoms with van der Waals surface area (Å²) in [6.07, 6.45) is 0. The number of aromatic nitrogens is 3. The van der Waals surface area contributed by atoms with E-state index >= 15 is 0 Å². The Hall–Kier alpha value is -7.67. The van der Waals surface area contributed by atoms with Crippen LogP contribution in [0.1, 0.15) is 0 Å². The number of furan rings is 2. The van der Waals surface area contributed by atoms with Crippen LogP contribution < -0.4 is 0 Å². The molecule has 6 heteroatoms. The van der Waals surface area contributed by atoms with Crippen molar-refractivity contribution in [2.24, 2.45) is 0 Å². The minimum absolute atomic E-state index is 0.618. The quantitative estimate of drug-likeness (QED) is 0.178. The van der Waals surface area contributed by atoms with E-state index in [1.807, 2.05) is 30.3 Å². The van der Waals surface area contributed by atoms with Crippen molar-refractivity contribution in [2.45, 2.75) is 0 Å². The van der Waals surface area contributed by atoms with Gasteiger partial charge >= 0.3 is 0 Å². The molecular weight excluding hydrogens is 743 g/mol. The highest BCUT2D eigenvalue weighted by Gasteiger charge is 2.19. The van der Waals surface area contributed by atoms with E-state index in [0.717, 1.165) is 98.6 Å². The molecule has 13 rings (SSSR count). The van der Waals surface area contributed by atoms with Crippen molar-refractivity contribution in [3.05, 3.63) is 176 Å². The molecule has 0 fully saturated rings. The summed E-state index contributed by atoms with van der Waals surface area (Å²) in [5, 5.41) is 11.3. The van der Waals surface area contributed by atoms with Crippen molar-refractivity contribution < 1.29 is 8.83 Å². The van der Waals surface area contributed by atoms with Gasteiger partial charge in [-0.25, -0.2) is 15.0 Å². The predicted octanol–water partition coefficient (Wildman–Crippen LogP) is 15.0. The smallest absolute Gasteiger partial charge is 0.164 e. The van der Waals surface area contributed by atoms with E-state index in [9.17, 15) is 0 Å². The van der Waals surface area contributed by atoms with Gasteiger partial charge in [0.15, 0.2) is 17.5 Å². The van der Waals surface area contributed by atoms with Gasteiger partial charge in [0.25, 0.3) is 0 Å². The van der Waals surface area contributed by atoms with Crippen molar-refractivity contribution in [1.29, 1.82) is 0 Å². The standard InChI is InChI=1S/C53H29N3O2S/c1-4-17-42-38(11-1)48-35-26-23-33(29-31(35)24-27-45(48)58-42)52-54-51(55-53(56-52)41-16-9-21-47-50(41)40-13-3-6-20-46(40)59-47)32-22-25-34-30(28-32)10-7-14-36(34)37-15-8-19-44-49(37)39-12-2-5-18-43(39)57-44/h1-29H. The number of benzene rings is 9. The maximum absolute atomic E-state index is 6.27. The summed E-state index contributed by atoms with van der Waals surface area (Å²) < 4.78 is 14.9. The molecule has 0 bridgehead atoms. The number of para-hydroxylation sites is 2. The van der Waals surface area contributed by atoms with Crippen LogP contribution in [-0.4, -0.2) is 15.0 Å². The molecule has 0 unspecified atom stereocenters. The van der Waals surface area contributed by atoms with Crippen molar-refractivity contribution in [3.8, 4) is 45.3 Å². The van der Waals surface area contributed by atoms with Gasteiger partial charge in [0, 0.05) is 58.4 Å². The van der Waals surface area contributed by atoms with Gasteiger partial charge in [0.1, 0.15) is 22.3 Å². The Morgan fingerprint density at radius 2 is 0.881 bits per heavy atom. The molecule has 0 amide bonds. The van der Waals surface area contributed by atoms with E-state index in [2.05, 4.69) is 146 Å². The van der Waals surface area contributed by atoms with Crippen LogP contribution in [0.5, 0.6) is 0 Å². The Bertz CT molecular complexity index is 3870. The van der Waals surface area contributed by atoms with E-state index in [1.165, 1.54) is 14.8 Å². The Morgan fingerprint density at radius 3 is 1.68 bits per heavy atom. The van der Waals surface area contributed by atoms with Gasteiger partial charge in [0.2, 0.25) is 0 Å². The first-order valence-corrected chi connectivity index (χ1v) is 20.5. The van der Waals surface area contributed by atoms with E-state index in [4.69, 9.17) is 23.8 Å². The topological polar surface area (TPSA) is 65.0 Å². The first kappa shape index (κ1) is 32.4. The van der Waals surface area contributed by atoms with Crippen LogP contribution in [0.15, 0.2) is 185 Å². The second kappa shape index (κ2) is 12.4. The Kier molecular flexibility index (Phi) is 6.82. The Labute approximate surface area is 340 Å². The van der Waals surface area contributed by atoms with E-state index in [1.54, 1.807) is 11.3 Å². The number of hydrogen-bond donors (Lipinski definition) is 0. The molecule has 0 N–H and O–H groups in total. The van der Waals surface area contributed by atoms with Crippen LogP contribution in [0, 0.1) is 0 Å². The van der Waals surface area contributed by atoms with E-state index in [-0.39, 0.29) is 0 Å². The third-order valence-corrected chi connectivity index (χ3v) is 12.9. The average molecular weight is 772 g/mol. The maximum atomic E-state index is 6.27. The number of rotatable bonds is 4. The van der Waals surface area contributed by atoms with Crippen LogP contribution >= 0.6 is 11.3 Å². The molecule has 4 aromatic heterocycles. The molecule has 59 heavy (non-hydrogen) atoms. The molecule has 13 aromatic rings. The normalized spacial score (nSPS) is 12.1. The van der Waals surface area contributed by atoms with Gasteiger partial charge < -0.3 is 8.83 Å². The minimum atomic E-state index is 0.618. The first-order chi connectivity index (χ1) is 29.2. The van der Waals surface area contributed by atoms with Crippen molar-refractivity contribution in [1.82, 2.24) is 15.0 Å². The molecule has 4 heterocycles. The average Bonchev–Trinajstić information content (AvgIpc) is 4.00. The molecule has 0 spiro atoms. The number of nitrogens with zero attached hydrogens (tertiary/aromatic N) is 3. The number of fused-ring (bicyclic) bond motifs is 12. The van der Waals surface area contributed by atoms with E-state index < -0.39 is 0 Å². The van der Waals surface area contributed by atoms with Gasteiger partial charge in [0.05, 0.1) is 0 Å². The lowest BCUT2D eigenvalue weighted by Gasteiger charge is -2.12. The second-order valence-electron chi connectivity index (χ2n) is 15.1. The summed E-state index contributed by atoms with van der Waals surface area (Å²) >= 11 is 1.79. The van der Waals surface area contributed by atoms with Gasteiger partial charge in [-0.1, -0.05) is 127 Å². The highest BCUT2D eigenvalue weighted by molar-refractivity contribution is 7.25. The fraction of sp³-hybridized carbons (Fsp3) is 0. The zero-order valence-corrected chi connectivity index (χ0v) is 32.1. The molecule has 0 saturated heterocycles. The maximum Gasteiger partial charge on any atom is 0.164 e. The lowest BCUT2D eigenvalue weighted by atomic mass is 9.94. The van der Waals surface area contributed by atoms with Gasteiger partial charge in [-0.2, -0.15) is 0 Å². The molecule has 0 atom stereocenters. The summed E-state index contributed by atoms with van der Waals surface area (Å²) in [5.41, 5.74) is 8.64. The summed E-state index contributed by atoms with van der Waals surface area (Å²) in [4.78, 5) is 15.8. The van der Waals surface area contributed by atoms with Crippen LogP contribution in [0.25, 0.3) is 131 Å². The molecule has 0 aliphatic heterocycles. The van der Waals surface area contributed by atoms with Crippen LogP contribution in [-0.2, 0) is 0 Å². The van der Waals surface area contributed by atoms with Crippen LogP contribution in [0.2, 0.25) is 0 Å². The molecule has 274 valence electrons. The largest absolute Gasteiger partial charge is 0.456 e. The third kappa shape index (κ3) is 4.94. The fourth-order valence-electron chi connectivity index (χ4n) is 9.06. The highest BCUT2D eigenvalue weighted by atomic mass is 32.1. The minimum Gasteiger partial charge on any atom is -0.456 e. The molecule has 0 saturated carbocycles. The number of thiophene rings is 1. The molecule has 5 nitrogen and oxygen atoms in total. The molecule has 0 radical (unpaired) electrons. The van der Waals surface area contributed by atoms with Crippen molar-refractivity contribution in [3.63, 3.8) is 0 Å². The lowest BCUT2D eigenvalue weighted by molar-refractivity contribution is 0.668. The summed E-state index contributed by atoms with van der Waals surface area (Å²) in [7, 11) is 0. The summed E-state index contributed by atoms with van der Waals surface area (Å²) in [6.45, 7) is 0. The van der Waals surface area contributed by atoms with Gasteiger partial charge in [-0.15, -0.1) is 11.3 Å². The van der Waals surface area contributed by atoms with Gasteiger partial charge in [-0.3, -0.25) is 0 Å². The first-order valence-electron chi connectivity index (χ1n) is 19.7. The Morgan fingerprint density at radius 1 is 0.322 bits per heavy atom. The van der Waals surface area contributed by atoms with E-state index in [0.29, 0.717) is 17.5 Å². The molecule has 0 aliphatic rings. The second-order valence-corrected chi connectivity index (χ2v) is 16.2. The fourth-order valence-corrected chi connectivity index (χ4v) is 10.2. The lowest BCUT2D eigenvalue weighted by Crippen LogP contribution is -2.00. The Balaban J connectivity index is 1.02.